The molecule has 3 heterocycles. The predicted molar refractivity (Wildman–Crippen MR) is 127 cm³/mol. The van der Waals surface area contributed by atoms with E-state index in [-0.39, 0.29) is 0 Å². The number of hydrogen-bond acceptors (Lipinski definition) is 6. The van der Waals surface area contributed by atoms with Gasteiger partial charge in [-0.05, 0) is 41.3 Å². The van der Waals surface area contributed by atoms with Crippen LogP contribution in [0, 0.1) is 0 Å². The van der Waals surface area contributed by atoms with Gasteiger partial charge in [0.1, 0.15) is 0 Å². The van der Waals surface area contributed by atoms with Crippen LogP contribution in [0.1, 0.15) is 12.0 Å². The monoisotopic (exact) mass is 451 g/mol. The number of benzene rings is 1. The standard InChI is InChI=1S/C24H29N5O2S/c1-3-21-10-13-29(19-22(21)4-2)32(30,31)23-8-6-20(7-9-23)18-27-14-16-28(17-15-27)24-25-11-5-12-26-24/h3-9,11-12H,1-2,10,13-19H2. The Hall–Kier alpha value is -2.81. The van der Waals surface area contributed by atoms with Crippen molar-refractivity contribution >= 4 is 16.0 Å². The van der Waals surface area contributed by atoms with E-state index in [1.165, 1.54) is 4.31 Å². The zero-order valence-electron chi connectivity index (χ0n) is 18.2. The molecule has 168 valence electrons. The Balaban J connectivity index is 1.37. The van der Waals surface area contributed by atoms with Gasteiger partial charge < -0.3 is 4.90 Å². The summed E-state index contributed by atoms with van der Waals surface area (Å²) < 4.78 is 27.8. The van der Waals surface area contributed by atoms with Gasteiger partial charge in [0.15, 0.2) is 0 Å². The number of allylic oxidation sites excluding steroid dienone is 1. The summed E-state index contributed by atoms with van der Waals surface area (Å²) in [5.41, 5.74) is 3.10. The Morgan fingerprint density at radius 3 is 2.19 bits per heavy atom. The summed E-state index contributed by atoms with van der Waals surface area (Å²) >= 11 is 0. The third kappa shape index (κ3) is 4.82. The molecule has 0 amide bonds. The summed E-state index contributed by atoms with van der Waals surface area (Å²) in [6.45, 7) is 12.8. The van der Waals surface area contributed by atoms with Gasteiger partial charge >= 0.3 is 0 Å². The van der Waals surface area contributed by atoms with Crippen molar-refractivity contribution < 1.29 is 8.42 Å². The molecule has 0 saturated carbocycles. The van der Waals surface area contributed by atoms with Gasteiger partial charge in [0.25, 0.3) is 0 Å². The number of piperazine rings is 1. The minimum atomic E-state index is -3.54. The fraction of sp³-hybridized carbons (Fsp3) is 0.333. The molecule has 1 fully saturated rings. The van der Waals surface area contributed by atoms with Crippen LogP contribution in [0.2, 0.25) is 0 Å². The van der Waals surface area contributed by atoms with E-state index in [9.17, 15) is 8.42 Å². The lowest BCUT2D eigenvalue weighted by molar-refractivity contribution is 0.248. The lowest BCUT2D eigenvalue weighted by atomic mass is 10.0. The van der Waals surface area contributed by atoms with Gasteiger partial charge in [0.05, 0.1) is 4.90 Å². The van der Waals surface area contributed by atoms with Gasteiger partial charge in [-0.3, -0.25) is 4.90 Å². The molecule has 1 aromatic heterocycles. The highest BCUT2D eigenvalue weighted by Gasteiger charge is 2.28. The van der Waals surface area contributed by atoms with Crippen LogP contribution in [0.5, 0.6) is 0 Å². The Kier molecular flexibility index (Phi) is 6.83. The smallest absolute Gasteiger partial charge is 0.243 e. The molecule has 4 rings (SSSR count). The van der Waals surface area contributed by atoms with E-state index in [1.807, 2.05) is 18.2 Å². The molecule has 2 aromatic rings. The Morgan fingerprint density at radius 1 is 0.906 bits per heavy atom. The molecule has 7 nitrogen and oxygen atoms in total. The predicted octanol–water partition coefficient (Wildman–Crippen LogP) is 2.86. The first-order valence-electron chi connectivity index (χ1n) is 10.8. The van der Waals surface area contributed by atoms with E-state index in [1.54, 1.807) is 36.7 Å². The number of anilines is 1. The van der Waals surface area contributed by atoms with Gasteiger partial charge in [-0.2, -0.15) is 4.31 Å². The summed E-state index contributed by atoms with van der Waals surface area (Å²) in [6, 6.07) is 9.10. The molecule has 32 heavy (non-hydrogen) atoms. The first-order valence-corrected chi connectivity index (χ1v) is 12.3. The molecule has 2 aliphatic rings. The van der Waals surface area contributed by atoms with Gasteiger partial charge in [0, 0.05) is 58.2 Å². The molecule has 0 spiro atoms. The molecule has 8 heteroatoms. The number of rotatable bonds is 7. The lowest BCUT2D eigenvalue weighted by Crippen LogP contribution is -2.46. The third-order valence-electron chi connectivity index (χ3n) is 6.06. The van der Waals surface area contributed by atoms with Crippen LogP contribution in [-0.2, 0) is 16.6 Å². The van der Waals surface area contributed by atoms with Gasteiger partial charge in [-0.25, -0.2) is 18.4 Å². The van der Waals surface area contributed by atoms with E-state index in [4.69, 9.17) is 0 Å². The summed E-state index contributed by atoms with van der Waals surface area (Å²) in [5, 5.41) is 0. The van der Waals surface area contributed by atoms with Crippen LogP contribution in [0.4, 0.5) is 5.95 Å². The fourth-order valence-electron chi connectivity index (χ4n) is 4.14. The summed E-state index contributed by atoms with van der Waals surface area (Å²) in [5.74, 6) is 0.772. The molecule has 0 radical (unpaired) electrons. The average molecular weight is 452 g/mol. The van der Waals surface area contributed by atoms with Crippen LogP contribution >= 0.6 is 0 Å². The van der Waals surface area contributed by atoms with Crippen molar-refractivity contribution in [2.24, 2.45) is 0 Å². The maximum atomic E-state index is 13.1. The van der Waals surface area contributed by atoms with E-state index in [2.05, 4.69) is 32.9 Å². The second kappa shape index (κ2) is 9.77. The normalized spacial score (nSPS) is 18.6. The highest BCUT2D eigenvalue weighted by Crippen LogP contribution is 2.26. The van der Waals surface area contributed by atoms with Crippen LogP contribution in [-0.4, -0.2) is 66.9 Å². The molecule has 0 unspecified atom stereocenters. The quantitative estimate of drug-likeness (QED) is 0.645. The van der Waals surface area contributed by atoms with Crippen molar-refractivity contribution in [3.63, 3.8) is 0 Å². The first-order chi connectivity index (χ1) is 15.5. The van der Waals surface area contributed by atoms with Gasteiger partial charge in [-0.1, -0.05) is 37.4 Å². The van der Waals surface area contributed by atoms with Crippen molar-refractivity contribution in [3.05, 3.63) is 84.7 Å². The van der Waals surface area contributed by atoms with Crippen molar-refractivity contribution in [2.45, 2.75) is 17.9 Å². The van der Waals surface area contributed by atoms with E-state index in [0.29, 0.717) is 24.4 Å². The Labute approximate surface area is 190 Å². The minimum Gasteiger partial charge on any atom is -0.338 e. The average Bonchev–Trinajstić information content (AvgIpc) is 2.85. The Morgan fingerprint density at radius 2 is 1.56 bits per heavy atom. The molecule has 2 aliphatic heterocycles. The molecular weight excluding hydrogens is 422 g/mol. The molecule has 0 N–H and O–H groups in total. The maximum Gasteiger partial charge on any atom is 0.243 e. The van der Waals surface area contributed by atoms with Crippen LogP contribution < -0.4 is 4.90 Å². The molecule has 0 bridgehead atoms. The Bertz CT molecular complexity index is 1090. The SMILES string of the molecule is C=CC1=C(C=C)CN(S(=O)(=O)c2ccc(CN3CCN(c4ncccn4)CC3)cc2)CC1. The fourth-order valence-corrected chi connectivity index (χ4v) is 5.56. The largest absolute Gasteiger partial charge is 0.338 e. The first kappa shape index (κ1) is 22.4. The zero-order valence-corrected chi connectivity index (χ0v) is 19.0. The number of aromatic nitrogens is 2. The third-order valence-corrected chi connectivity index (χ3v) is 7.92. The van der Waals surface area contributed by atoms with Crippen molar-refractivity contribution in [3.8, 4) is 0 Å². The topological polar surface area (TPSA) is 69.6 Å². The highest BCUT2D eigenvalue weighted by atomic mass is 32.2. The summed E-state index contributed by atoms with van der Waals surface area (Å²) in [7, 11) is -3.54. The number of hydrogen-bond donors (Lipinski definition) is 0. The molecule has 0 atom stereocenters. The number of sulfonamides is 1. The minimum absolute atomic E-state index is 0.331. The second-order valence-corrected chi connectivity index (χ2v) is 9.94. The van der Waals surface area contributed by atoms with Crippen LogP contribution in [0.25, 0.3) is 0 Å². The molecular formula is C24H29N5O2S. The van der Waals surface area contributed by atoms with E-state index < -0.39 is 10.0 Å². The highest BCUT2D eigenvalue weighted by molar-refractivity contribution is 7.89. The van der Waals surface area contributed by atoms with Crippen LogP contribution in [0.3, 0.4) is 0 Å². The summed E-state index contributed by atoms with van der Waals surface area (Å²) in [4.78, 5) is 13.5. The van der Waals surface area contributed by atoms with Crippen LogP contribution in [0.15, 0.2) is 84.1 Å². The lowest BCUT2D eigenvalue weighted by Gasteiger charge is -2.34. The number of nitrogens with zero attached hydrogens (tertiary/aromatic N) is 5. The van der Waals surface area contributed by atoms with Crippen molar-refractivity contribution in [1.82, 2.24) is 19.2 Å². The van der Waals surface area contributed by atoms with Crippen molar-refractivity contribution in [2.75, 3.05) is 44.2 Å². The molecule has 1 saturated heterocycles. The zero-order chi connectivity index (χ0) is 22.6. The van der Waals surface area contributed by atoms with Gasteiger partial charge in [0.2, 0.25) is 16.0 Å². The summed E-state index contributed by atoms with van der Waals surface area (Å²) in [6.07, 6.45) is 7.71. The van der Waals surface area contributed by atoms with E-state index >= 15 is 0 Å². The van der Waals surface area contributed by atoms with Crippen molar-refractivity contribution in [1.29, 1.82) is 0 Å². The van der Waals surface area contributed by atoms with E-state index in [0.717, 1.165) is 55.4 Å². The molecule has 1 aromatic carbocycles. The maximum absolute atomic E-state index is 13.1. The molecule has 0 aliphatic carbocycles. The van der Waals surface area contributed by atoms with Gasteiger partial charge in [-0.15, -0.1) is 0 Å². The second-order valence-electron chi connectivity index (χ2n) is 8.00.